The normalized spacial score (nSPS) is 25.4. The first kappa shape index (κ1) is 16.1. The Morgan fingerprint density at radius 3 is 2.50 bits per heavy atom. The summed E-state index contributed by atoms with van der Waals surface area (Å²) in [4.78, 5) is 0. The van der Waals surface area contributed by atoms with Crippen LogP contribution in [0.2, 0.25) is 15.1 Å². The third-order valence-corrected chi connectivity index (χ3v) is 4.09. The molecule has 2 rings (SSSR count). The molecule has 0 bridgehead atoms. The molecule has 1 aromatic rings. The maximum absolute atomic E-state index is 9.70. The Hall–Kier alpha value is -0.230. The van der Waals surface area contributed by atoms with E-state index in [1.165, 1.54) is 6.07 Å². The van der Waals surface area contributed by atoms with E-state index in [-0.39, 0.29) is 6.10 Å². The van der Waals surface area contributed by atoms with Gasteiger partial charge in [0, 0.05) is 19.6 Å². The van der Waals surface area contributed by atoms with E-state index < -0.39 is 12.2 Å². The van der Waals surface area contributed by atoms with Gasteiger partial charge >= 0.3 is 0 Å². The summed E-state index contributed by atoms with van der Waals surface area (Å²) in [5.74, 6) is 0.429. The van der Waals surface area contributed by atoms with Gasteiger partial charge in [-0.2, -0.15) is 0 Å². The minimum absolute atomic E-state index is 0.267. The van der Waals surface area contributed by atoms with Gasteiger partial charge in [-0.05, 0) is 6.07 Å². The molecule has 0 aromatic heterocycles. The van der Waals surface area contributed by atoms with Crippen LogP contribution in [0.3, 0.4) is 0 Å². The number of rotatable bonds is 6. The molecule has 112 valence electrons. The van der Waals surface area contributed by atoms with Crippen molar-refractivity contribution in [3.05, 3.63) is 27.2 Å². The summed E-state index contributed by atoms with van der Waals surface area (Å²) in [7, 11) is 1.59. The highest BCUT2D eigenvalue weighted by Crippen LogP contribution is 2.37. The van der Waals surface area contributed by atoms with Crippen LogP contribution in [0, 0.1) is 0 Å². The van der Waals surface area contributed by atoms with Crippen LogP contribution in [0.1, 0.15) is 6.42 Å². The number of aliphatic hydroxyl groups is 1. The second kappa shape index (κ2) is 7.16. The van der Waals surface area contributed by atoms with Crippen LogP contribution < -0.4 is 4.74 Å². The van der Waals surface area contributed by atoms with E-state index in [1.807, 2.05) is 0 Å². The number of aliphatic hydroxyl groups excluding tert-OH is 1. The molecule has 0 saturated heterocycles. The minimum Gasteiger partial charge on any atom is -0.486 e. The zero-order valence-corrected chi connectivity index (χ0v) is 13.1. The third kappa shape index (κ3) is 3.70. The number of hydrogen-bond acceptors (Lipinski definition) is 4. The minimum atomic E-state index is -0.543. The Kier molecular flexibility index (Phi) is 5.78. The average molecular weight is 342 g/mol. The van der Waals surface area contributed by atoms with Crippen molar-refractivity contribution in [2.24, 2.45) is 0 Å². The lowest BCUT2D eigenvalue weighted by molar-refractivity contribution is -0.167. The van der Waals surface area contributed by atoms with E-state index in [2.05, 4.69) is 0 Å². The molecule has 1 saturated carbocycles. The lowest BCUT2D eigenvalue weighted by atomic mass is 9.88. The number of benzene rings is 1. The van der Waals surface area contributed by atoms with Gasteiger partial charge in [-0.25, -0.2) is 0 Å². The molecular formula is C13H15Cl3O4. The van der Waals surface area contributed by atoms with Crippen LogP contribution in [-0.4, -0.2) is 43.7 Å². The fourth-order valence-corrected chi connectivity index (χ4v) is 2.50. The Balaban J connectivity index is 1.97. The quantitative estimate of drug-likeness (QED) is 0.638. The molecular weight excluding hydrogens is 326 g/mol. The van der Waals surface area contributed by atoms with Crippen molar-refractivity contribution in [1.29, 1.82) is 0 Å². The Bertz CT molecular complexity index is 469. The first-order chi connectivity index (χ1) is 9.52. The predicted octanol–water partition coefficient (Wildman–Crippen LogP) is 3.19. The SMILES string of the molecule is COCCOC1C(O)CC1Oc1cc(Cl)c(Cl)cc1Cl. The van der Waals surface area contributed by atoms with Gasteiger partial charge in [-0.15, -0.1) is 0 Å². The van der Waals surface area contributed by atoms with Crippen LogP contribution >= 0.6 is 34.8 Å². The summed E-state index contributed by atoms with van der Waals surface area (Å²) in [6.45, 7) is 0.858. The van der Waals surface area contributed by atoms with Crippen molar-refractivity contribution in [1.82, 2.24) is 0 Å². The van der Waals surface area contributed by atoms with Crippen LogP contribution in [-0.2, 0) is 9.47 Å². The molecule has 0 heterocycles. The van der Waals surface area contributed by atoms with Crippen LogP contribution in [0.5, 0.6) is 5.75 Å². The van der Waals surface area contributed by atoms with Crippen molar-refractivity contribution < 1.29 is 19.3 Å². The van der Waals surface area contributed by atoms with Crippen LogP contribution in [0.4, 0.5) is 0 Å². The van der Waals surface area contributed by atoms with E-state index in [0.717, 1.165) is 0 Å². The second-order valence-corrected chi connectivity index (χ2v) is 5.71. The lowest BCUT2D eigenvalue weighted by Crippen LogP contribution is -2.55. The van der Waals surface area contributed by atoms with E-state index in [4.69, 9.17) is 49.0 Å². The van der Waals surface area contributed by atoms with E-state index in [0.29, 0.717) is 40.5 Å². The van der Waals surface area contributed by atoms with Gasteiger partial charge in [0.15, 0.2) is 0 Å². The standard InChI is InChI=1S/C13H15Cl3O4/c1-18-2-3-19-13-10(17)6-12(13)20-11-5-8(15)7(14)4-9(11)16/h4-5,10,12-13,17H,2-3,6H2,1H3. The van der Waals surface area contributed by atoms with Gasteiger partial charge in [0.05, 0.1) is 34.4 Å². The second-order valence-electron chi connectivity index (χ2n) is 4.48. The smallest absolute Gasteiger partial charge is 0.140 e. The summed E-state index contributed by atoms with van der Waals surface area (Å²) in [6, 6.07) is 3.08. The summed E-state index contributed by atoms with van der Waals surface area (Å²) in [5.41, 5.74) is 0. The topological polar surface area (TPSA) is 47.9 Å². The molecule has 0 aliphatic heterocycles. The fourth-order valence-electron chi connectivity index (χ4n) is 1.92. The molecule has 7 heteroatoms. The maximum Gasteiger partial charge on any atom is 0.140 e. The summed E-state index contributed by atoms with van der Waals surface area (Å²) in [5, 5.41) is 10.8. The number of halogens is 3. The van der Waals surface area contributed by atoms with E-state index in [9.17, 15) is 5.11 Å². The van der Waals surface area contributed by atoms with Gasteiger partial charge in [0.25, 0.3) is 0 Å². The monoisotopic (exact) mass is 340 g/mol. The molecule has 3 atom stereocenters. The highest BCUT2D eigenvalue weighted by atomic mass is 35.5. The number of hydrogen-bond donors (Lipinski definition) is 1. The highest BCUT2D eigenvalue weighted by molar-refractivity contribution is 6.43. The first-order valence-electron chi connectivity index (χ1n) is 6.12. The molecule has 3 unspecified atom stereocenters. The van der Waals surface area contributed by atoms with Gasteiger partial charge in [-0.3, -0.25) is 0 Å². The molecule has 20 heavy (non-hydrogen) atoms. The first-order valence-corrected chi connectivity index (χ1v) is 7.26. The largest absolute Gasteiger partial charge is 0.486 e. The molecule has 0 amide bonds. The van der Waals surface area contributed by atoms with E-state index in [1.54, 1.807) is 13.2 Å². The van der Waals surface area contributed by atoms with Crippen molar-refractivity contribution in [2.45, 2.75) is 24.7 Å². The zero-order chi connectivity index (χ0) is 14.7. The fraction of sp³-hybridized carbons (Fsp3) is 0.538. The number of ether oxygens (including phenoxy) is 3. The Labute approximate surface area is 132 Å². The zero-order valence-electron chi connectivity index (χ0n) is 10.8. The Morgan fingerprint density at radius 2 is 1.85 bits per heavy atom. The highest BCUT2D eigenvalue weighted by Gasteiger charge is 2.43. The maximum atomic E-state index is 9.70. The van der Waals surface area contributed by atoms with Gasteiger partial charge in [0.1, 0.15) is 18.0 Å². The Morgan fingerprint density at radius 1 is 1.15 bits per heavy atom. The summed E-state index contributed by atoms with van der Waals surface area (Å²) >= 11 is 17.8. The average Bonchev–Trinajstić information content (AvgIpc) is 2.40. The van der Waals surface area contributed by atoms with Crippen molar-refractivity contribution >= 4 is 34.8 Å². The van der Waals surface area contributed by atoms with Gasteiger partial charge < -0.3 is 19.3 Å². The van der Waals surface area contributed by atoms with Gasteiger partial charge in [0.2, 0.25) is 0 Å². The van der Waals surface area contributed by atoms with Crippen molar-refractivity contribution in [3.8, 4) is 5.75 Å². The van der Waals surface area contributed by atoms with Crippen molar-refractivity contribution in [2.75, 3.05) is 20.3 Å². The summed E-state index contributed by atoms with van der Waals surface area (Å²) < 4.78 is 16.1. The molecule has 1 aliphatic carbocycles. The van der Waals surface area contributed by atoms with E-state index >= 15 is 0 Å². The predicted molar refractivity (Wildman–Crippen MR) is 78.1 cm³/mol. The number of methoxy groups -OCH3 is 1. The summed E-state index contributed by atoms with van der Waals surface area (Å²) in [6.07, 6.45) is -0.723. The molecule has 1 N–H and O–H groups in total. The molecule has 0 spiro atoms. The van der Waals surface area contributed by atoms with Gasteiger partial charge in [-0.1, -0.05) is 34.8 Å². The molecule has 1 aromatic carbocycles. The molecule has 4 nitrogen and oxygen atoms in total. The molecule has 1 fully saturated rings. The van der Waals surface area contributed by atoms with Crippen molar-refractivity contribution in [3.63, 3.8) is 0 Å². The lowest BCUT2D eigenvalue weighted by Gasteiger charge is -2.40. The third-order valence-electron chi connectivity index (χ3n) is 3.07. The van der Waals surface area contributed by atoms with Crippen LogP contribution in [0.25, 0.3) is 0 Å². The van der Waals surface area contributed by atoms with Crippen LogP contribution in [0.15, 0.2) is 12.1 Å². The molecule has 0 radical (unpaired) electrons. The molecule has 1 aliphatic rings.